The van der Waals surface area contributed by atoms with E-state index in [-0.39, 0.29) is 23.9 Å². The van der Waals surface area contributed by atoms with Gasteiger partial charge in [0.2, 0.25) is 11.8 Å². The number of benzene rings is 2. The van der Waals surface area contributed by atoms with Gasteiger partial charge in [-0.25, -0.2) is 14.4 Å². The first-order valence-corrected chi connectivity index (χ1v) is 16.8. The second-order valence-electron chi connectivity index (χ2n) is 13.3. The molecular weight excluding hydrogens is 637 g/mol. The van der Waals surface area contributed by atoms with Gasteiger partial charge in [-0.15, -0.1) is 0 Å². The minimum atomic E-state index is -0.503. The van der Waals surface area contributed by atoms with Crippen LogP contribution in [-0.4, -0.2) is 55.1 Å². The molecule has 3 aromatic heterocycles. The second-order valence-corrected chi connectivity index (χ2v) is 13.3. The number of primary amides is 1. The highest BCUT2D eigenvalue weighted by molar-refractivity contribution is 5.96. The molecule has 1 atom stereocenters. The first-order chi connectivity index (χ1) is 23.9. The highest BCUT2D eigenvalue weighted by atomic mass is 19.1. The molecule has 2 aromatic carbocycles. The highest BCUT2D eigenvalue weighted by Crippen LogP contribution is 2.25. The largest absolute Gasteiger partial charge is 0.473 e. The number of ether oxygens (including phenoxy) is 3. The smallest absolute Gasteiger partial charge is 0.248 e. The van der Waals surface area contributed by atoms with Gasteiger partial charge in [0.25, 0.3) is 0 Å². The van der Waals surface area contributed by atoms with Crippen LogP contribution in [-0.2, 0) is 29.2 Å². The van der Waals surface area contributed by atoms with Crippen LogP contribution in [0.15, 0.2) is 67.0 Å². The van der Waals surface area contributed by atoms with Crippen molar-refractivity contribution in [1.29, 1.82) is 5.26 Å². The summed E-state index contributed by atoms with van der Waals surface area (Å²) in [6, 6.07) is 16.7. The van der Waals surface area contributed by atoms with Gasteiger partial charge in [-0.3, -0.25) is 9.48 Å². The Hall–Kier alpha value is -5.12. The van der Waals surface area contributed by atoms with Crippen LogP contribution in [0, 0.1) is 23.1 Å². The summed E-state index contributed by atoms with van der Waals surface area (Å²) in [4.78, 5) is 21.1. The molecule has 2 N–H and O–H groups in total. The van der Waals surface area contributed by atoms with Crippen LogP contribution in [0.1, 0.15) is 74.8 Å². The summed E-state index contributed by atoms with van der Waals surface area (Å²) < 4.78 is 35.1. The molecule has 1 fully saturated rings. The number of rotatable bonds is 13. The monoisotopic (exact) mass is 681 g/mol. The zero-order valence-electron chi connectivity index (χ0n) is 29.2. The number of imidazole rings is 1. The van der Waals surface area contributed by atoms with Crippen LogP contribution in [0.3, 0.4) is 0 Å². The third kappa shape index (κ3) is 9.31. The Labute approximate surface area is 291 Å². The van der Waals surface area contributed by atoms with Crippen molar-refractivity contribution >= 4 is 16.9 Å². The number of nitrogens with two attached hydrogens (primary N) is 1. The molecule has 1 aliphatic heterocycles. The number of carbonyl (C=O) groups excluding carboxylic acids is 1. The van der Waals surface area contributed by atoms with Crippen LogP contribution in [0.5, 0.6) is 5.88 Å². The number of hydrogen-bond donors (Lipinski definition) is 1. The molecule has 0 saturated carbocycles. The summed E-state index contributed by atoms with van der Waals surface area (Å²) in [7, 11) is 0. The van der Waals surface area contributed by atoms with Crippen molar-refractivity contribution in [2.24, 2.45) is 11.7 Å². The molecule has 1 amide bonds. The van der Waals surface area contributed by atoms with Crippen LogP contribution in [0.4, 0.5) is 4.39 Å². The first-order valence-electron chi connectivity index (χ1n) is 16.8. The summed E-state index contributed by atoms with van der Waals surface area (Å²) in [6.07, 6.45) is 5.71. The van der Waals surface area contributed by atoms with E-state index in [1.807, 2.05) is 18.3 Å². The molecule has 0 spiro atoms. The fraction of sp³-hybridized carbons (Fsp3) is 0.395. The van der Waals surface area contributed by atoms with E-state index in [4.69, 9.17) is 30.2 Å². The zero-order chi connectivity index (χ0) is 35.8. The van der Waals surface area contributed by atoms with Crippen molar-refractivity contribution in [3.05, 3.63) is 95.3 Å². The molecule has 50 heavy (non-hydrogen) atoms. The molecule has 4 heterocycles. The number of pyridine rings is 1. The molecule has 0 bridgehead atoms. The minimum Gasteiger partial charge on any atom is -0.473 e. The second kappa shape index (κ2) is 16.1. The summed E-state index contributed by atoms with van der Waals surface area (Å²) >= 11 is 0. The predicted molar refractivity (Wildman–Crippen MR) is 188 cm³/mol. The maximum absolute atomic E-state index is 14.2. The molecule has 1 unspecified atom stereocenters. The number of aromatic nitrogens is 5. The molecule has 0 radical (unpaired) electrons. The minimum absolute atomic E-state index is 0.0222. The lowest BCUT2D eigenvalue weighted by atomic mass is 10.1. The maximum atomic E-state index is 14.2. The van der Waals surface area contributed by atoms with E-state index in [0.717, 1.165) is 48.5 Å². The van der Waals surface area contributed by atoms with Crippen molar-refractivity contribution in [3.8, 4) is 23.2 Å². The molecule has 1 aliphatic rings. The summed E-state index contributed by atoms with van der Waals surface area (Å²) in [5.74, 6) is 0.759. The number of nitrogens with zero attached hydrogens (tertiary/aromatic N) is 6. The topological polar surface area (TPSA) is 143 Å². The number of halogens is 1. The number of amides is 1. The molecule has 6 rings (SSSR count). The van der Waals surface area contributed by atoms with Gasteiger partial charge in [0.15, 0.2) is 0 Å². The van der Waals surface area contributed by atoms with Crippen LogP contribution in [0.25, 0.3) is 22.3 Å². The Bertz CT molecular complexity index is 1970. The van der Waals surface area contributed by atoms with E-state index in [1.165, 1.54) is 12.1 Å². The number of carbonyl (C=O) groups is 1. The van der Waals surface area contributed by atoms with Crippen molar-refractivity contribution in [2.75, 3.05) is 13.2 Å². The molecule has 5 aromatic rings. The fourth-order valence-electron chi connectivity index (χ4n) is 5.05. The van der Waals surface area contributed by atoms with E-state index in [2.05, 4.69) is 49.3 Å². The first kappa shape index (κ1) is 36.2. The molecule has 262 valence electrons. The Kier molecular flexibility index (Phi) is 11.6. The van der Waals surface area contributed by atoms with Crippen molar-refractivity contribution in [3.63, 3.8) is 0 Å². The van der Waals surface area contributed by atoms with Crippen LogP contribution < -0.4 is 10.5 Å². The van der Waals surface area contributed by atoms with Crippen LogP contribution >= 0.6 is 0 Å². The van der Waals surface area contributed by atoms with Crippen molar-refractivity contribution in [1.82, 2.24) is 24.3 Å². The number of fused-ring (bicyclic) bond motifs is 1. The van der Waals surface area contributed by atoms with Crippen molar-refractivity contribution < 1.29 is 23.4 Å². The van der Waals surface area contributed by atoms with E-state index in [0.29, 0.717) is 41.7 Å². The van der Waals surface area contributed by atoms with Gasteiger partial charge < -0.3 is 24.5 Å². The Morgan fingerprint density at radius 1 is 1.18 bits per heavy atom. The van der Waals surface area contributed by atoms with E-state index in [1.54, 1.807) is 47.3 Å². The van der Waals surface area contributed by atoms with E-state index >= 15 is 0 Å². The van der Waals surface area contributed by atoms with E-state index < -0.39 is 11.7 Å². The average molecular weight is 682 g/mol. The summed E-state index contributed by atoms with van der Waals surface area (Å²) in [5, 5.41) is 13.4. The van der Waals surface area contributed by atoms with Gasteiger partial charge in [-0.1, -0.05) is 32.9 Å². The lowest BCUT2D eigenvalue weighted by Crippen LogP contribution is -2.32. The average Bonchev–Trinajstić information content (AvgIpc) is 3.69. The van der Waals surface area contributed by atoms with Crippen LogP contribution in [0.2, 0.25) is 0 Å². The lowest BCUT2D eigenvalue weighted by Gasteiger charge is -2.27. The quantitative estimate of drug-likeness (QED) is 0.145. The third-order valence-corrected chi connectivity index (χ3v) is 8.46. The molecule has 1 saturated heterocycles. The molecule has 11 nitrogen and oxygen atoms in total. The Morgan fingerprint density at radius 2 is 1.98 bits per heavy atom. The van der Waals surface area contributed by atoms with Gasteiger partial charge in [-0.2, -0.15) is 10.4 Å². The van der Waals surface area contributed by atoms with Gasteiger partial charge in [0.1, 0.15) is 18.2 Å². The Balaban J connectivity index is 0.000000425. The maximum Gasteiger partial charge on any atom is 0.248 e. The lowest BCUT2D eigenvalue weighted by molar-refractivity contribution is -0.0590. The van der Waals surface area contributed by atoms with Gasteiger partial charge in [0, 0.05) is 42.2 Å². The zero-order valence-corrected chi connectivity index (χ0v) is 29.2. The normalized spacial score (nSPS) is 14.2. The van der Waals surface area contributed by atoms with Gasteiger partial charge >= 0.3 is 0 Å². The van der Waals surface area contributed by atoms with Gasteiger partial charge in [-0.05, 0) is 69.0 Å². The summed E-state index contributed by atoms with van der Waals surface area (Å²) in [6.45, 7) is 13.4. The molecule has 0 aliphatic carbocycles. The summed E-state index contributed by atoms with van der Waals surface area (Å²) in [5.41, 5.74) is 9.59. The molecular formula is C38H44FN7O4. The van der Waals surface area contributed by atoms with Crippen molar-refractivity contribution in [2.45, 2.75) is 78.9 Å². The third-order valence-electron chi connectivity index (χ3n) is 8.46. The highest BCUT2D eigenvalue weighted by Gasteiger charge is 2.23. The SMILES string of the molecule is CCC(C)(C)OCC(C)C.N#Cc1ccc(COc2cccc(-c3cnn(Cc4nc5ccc(C(N)=O)cc5n4CC4CCO4)c3)n2)c(F)c1. The Morgan fingerprint density at radius 3 is 2.64 bits per heavy atom. The predicted octanol–water partition coefficient (Wildman–Crippen LogP) is 6.67. The standard InChI is InChI=1S/C29H24FN7O3.C9H20O/c30-23-10-18(12-31)4-5-20(23)17-40-28-3-1-2-24(35-28)21-13-33-36(14-21)16-27-34-25-7-6-19(29(32)38)11-26(25)37(27)15-22-8-9-39-22;1-6-9(4,5)10-7-8(2)3/h1-7,10-11,13-14,22H,8-9,15-17H2,(H2,32,38);8H,6-7H2,1-5H3. The van der Waals surface area contributed by atoms with E-state index in [9.17, 15) is 9.18 Å². The van der Waals surface area contributed by atoms with Gasteiger partial charge in [0.05, 0.1) is 59.4 Å². The number of hydrogen-bond acceptors (Lipinski definition) is 8. The number of nitriles is 1. The fourth-order valence-corrected chi connectivity index (χ4v) is 5.05. The molecule has 12 heteroatoms.